The van der Waals surface area contributed by atoms with Crippen LogP contribution in [-0.2, 0) is 9.59 Å². The molecule has 3 amide bonds. The summed E-state index contributed by atoms with van der Waals surface area (Å²) >= 11 is 1.39. The van der Waals surface area contributed by atoms with Crippen molar-refractivity contribution in [2.75, 3.05) is 32.0 Å². The normalized spacial score (nSPS) is 18.9. The molecule has 2 heterocycles. The van der Waals surface area contributed by atoms with Gasteiger partial charge in [-0.1, -0.05) is 31.2 Å². The minimum absolute atomic E-state index is 0.0684. The van der Waals surface area contributed by atoms with E-state index in [0.717, 1.165) is 43.9 Å². The zero-order chi connectivity index (χ0) is 21.5. The predicted molar refractivity (Wildman–Crippen MR) is 121 cm³/mol. The van der Waals surface area contributed by atoms with Crippen LogP contribution in [0.15, 0.2) is 29.3 Å². The number of benzene rings is 1. The number of likely N-dealkylation sites (tertiary alicyclic amines) is 1. The molecule has 1 atom stereocenters. The number of nitrogens with one attached hydrogen (secondary N) is 1. The average molecular weight is 431 g/mol. The Hall–Kier alpha value is -2.35. The second-order valence-corrected chi connectivity index (χ2v) is 8.97. The molecule has 162 valence electrons. The summed E-state index contributed by atoms with van der Waals surface area (Å²) in [6.07, 6.45) is 5.48. The first-order valence-electron chi connectivity index (χ1n) is 10.7. The summed E-state index contributed by atoms with van der Waals surface area (Å²) in [5.41, 5.74) is 1.09. The molecule has 0 spiro atoms. The number of anilines is 1. The van der Waals surface area contributed by atoms with Crippen molar-refractivity contribution in [3.05, 3.63) is 29.8 Å². The van der Waals surface area contributed by atoms with Crippen LogP contribution in [-0.4, -0.2) is 64.6 Å². The molecule has 1 aromatic rings. The molecule has 1 saturated heterocycles. The van der Waals surface area contributed by atoms with Crippen LogP contribution in [0.2, 0.25) is 0 Å². The quantitative estimate of drug-likeness (QED) is 0.717. The molecule has 7 nitrogen and oxygen atoms in total. The molecular weight excluding hydrogens is 400 g/mol. The van der Waals surface area contributed by atoms with E-state index in [1.54, 1.807) is 36.2 Å². The highest BCUT2D eigenvalue weighted by molar-refractivity contribution is 8.15. The van der Waals surface area contributed by atoms with E-state index >= 15 is 0 Å². The Bertz CT molecular complexity index is 820. The maximum atomic E-state index is 12.5. The van der Waals surface area contributed by atoms with E-state index in [1.807, 2.05) is 0 Å². The van der Waals surface area contributed by atoms with Gasteiger partial charge in [-0.2, -0.15) is 4.99 Å². The molecule has 1 unspecified atom stereocenters. The van der Waals surface area contributed by atoms with Crippen molar-refractivity contribution in [2.24, 2.45) is 4.99 Å². The minimum atomic E-state index is -0.480. The van der Waals surface area contributed by atoms with Crippen molar-refractivity contribution < 1.29 is 14.4 Å². The number of carbonyl (C=O) groups excluding carboxylic acids is 3. The Morgan fingerprint density at radius 1 is 1.27 bits per heavy atom. The lowest BCUT2D eigenvalue weighted by molar-refractivity contribution is -0.121. The third-order valence-corrected chi connectivity index (χ3v) is 6.53. The fourth-order valence-corrected chi connectivity index (χ4v) is 4.67. The third kappa shape index (κ3) is 5.84. The lowest BCUT2D eigenvalue weighted by atomic mass is 10.1. The summed E-state index contributed by atoms with van der Waals surface area (Å²) in [5.74, 6) is -0.558. The molecule has 30 heavy (non-hydrogen) atoms. The van der Waals surface area contributed by atoms with Gasteiger partial charge in [-0.3, -0.25) is 14.4 Å². The fraction of sp³-hybridized carbons (Fsp3) is 0.545. The fourth-order valence-electron chi connectivity index (χ4n) is 3.56. The molecule has 2 aliphatic rings. The van der Waals surface area contributed by atoms with Gasteiger partial charge in [0, 0.05) is 44.4 Å². The second-order valence-electron chi connectivity index (χ2n) is 7.80. The number of nitrogens with zero attached hydrogens (tertiary/aromatic N) is 3. The zero-order valence-corrected chi connectivity index (χ0v) is 18.5. The van der Waals surface area contributed by atoms with E-state index in [9.17, 15) is 14.4 Å². The predicted octanol–water partition coefficient (Wildman–Crippen LogP) is 3.37. The van der Waals surface area contributed by atoms with Gasteiger partial charge in [-0.15, -0.1) is 0 Å². The van der Waals surface area contributed by atoms with Crippen molar-refractivity contribution >= 4 is 40.3 Å². The molecule has 8 heteroatoms. The van der Waals surface area contributed by atoms with Crippen molar-refractivity contribution in [1.82, 2.24) is 9.80 Å². The highest BCUT2D eigenvalue weighted by Gasteiger charge is 2.33. The smallest absolute Gasteiger partial charge is 0.262 e. The Morgan fingerprint density at radius 3 is 2.77 bits per heavy atom. The molecule has 0 saturated carbocycles. The van der Waals surface area contributed by atoms with E-state index in [4.69, 9.17) is 0 Å². The number of rotatable bonds is 7. The summed E-state index contributed by atoms with van der Waals surface area (Å²) < 4.78 is 0. The summed E-state index contributed by atoms with van der Waals surface area (Å²) in [4.78, 5) is 45.3. The first-order valence-corrected chi connectivity index (χ1v) is 11.6. The minimum Gasteiger partial charge on any atom is -0.351 e. The molecule has 0 aromatic heterocycles. The van der Waals surface area contributed by atoms with Crippen LogP contribution in [0.3, 0.4) is 0 Å². The number of aliphatic imine (C=N–C) groups is 1. The number of amidine groups is 1. The van der Waals surface area contributed by atoms with E-state index in [0.29, 0.717) is 17.8 Å². The van der Waals surface area contributed by atoms with Crippen molar-refractivity contribution in [2.45, 2.75) is 50.7 Å². The highest BCUT2D eigenvalue weighted by Crippen LogP contribution is 2.29. The first-order chi connectivity index (χ1) is 14.5. The Kier molecular flexibility index (Phi) is 7.90. The molecule has 3 rings (SSSR count). The Balaban J connectivity index is 1.54. The summed E-state index contributed by atoms with van der Waals surface area (Å²) in [5, 5.41) is 3.09. The first kappa shape index (κ1) is 22.3. The number of hydrogen-bond donors (Lipinski definition) is 1. The van der Waals surface area contributed by atoms with Gasteiger partial charge < -0.3 is 15.1 Å². The van der Waals surface area contributed by atoms with Crippen molar-refractivity contribution in [1.29, 1.82) is 0 Å². The monoisotopic (exact) mass is 430 g/mol. The van der Waals surface area contributed by atoms with E-state index < -0.39 is 5.25 Å². The van der Waals surface area contributed by atoms with Gasteiger partial charge >= 0.3 is 0 Å². The van der Waals surface area contributed by atoms with Crippen LogP contribution < -0.4 is 5.32 Å². The van der Waals surface area contributed by atoms with Gasteiger partial charge in [-0.05, 0) is 43.9 Å². The second kappa shape index (κ2) is 10.6. The van der Waals surface area contributed by atoms with Gasteiger partial charge in [-0.25, -0.2) is 0 Å². The Morgan fingerprint density at radius 2 is 2.03 bits per heavy atom. The van der Waals surface area contributed by atoms with E-state index in [2.05, 4.69) is 22.1 Å². The molecule has 2 aliphatic heterocycles. The van der Waals surface area contributed by atoms with Crippen molar-refractivity contribution in [3.63, 3.8) is 0 Å². The molecule has 0 aliphatic carbocycles. The molecule has 0 radical (unpaired) electrons. The summed E-state index contributed by atoms with van der Waals surface area (Å²) in [7, 11) is 1.78. The van der Waals surface area contributed by atoms with Crippen LogP contribution in [0, 0.1) is 0 Å². The SMILES string of the molecule is CCCCN(C)C(=O)c1cccc(NC(=O)CC2SC(N3CCCCC3)=NC2=O)c1. The maximum Gasteiger partial charge on any atom is 0.262 e. The van der Waals surface area contributed by atoms with Gasteiger partial charge in [0.25, 0.3) is 11.8 Å². The largest absolute Gasteiger partial charge is 0.351 e. The number of hydrogen-bond acceptors (Lipinski definition) is 5. The lowest BCUT2D eigenvalue weighted by Gasteiger charge is -2.27. The Labute approximate surface area is 182 Å². The highest BCUT2D eigenvalue weighted by atomic mass is 32.2. The van der Waals surface area contributed by atoms with E-state index in [-0.39, 0.29) is 24.1 Å². The van der Waals surface area contributed by atoms with Gasteiger partial charge in [0.05, 0.1) is 0 Å². The number of unbranched alkanes of at least 4 members (excludes halogenated alkanes) is 1. The molecular formula is C22H30N4O3S. The van der Waals surface area contributed by atoms with Gasteiger partial charge in [0.15, 0.2) is 5.17 Å². The van der Waals surface area contributed by atoms with Gasteiger partial charge in [0.2, 0.25) is 5.91 Å². The number of thioether (sulfide) groups is 1. The average Bonchev–Trinajstić information content (AvgIpc) is 3.12. The van der Waals surface area contributed by atoms with E-state index in [1.165, 1.54) is 18.2 Å². The molecule has 1 N–H and O–H groups in total. The van der Waals surface area contributed by atoms with Crippen LogP contribution >= 0.6 is 11.8 Å². The lowest BCUT2D eigenvalue weighted by Crippen LogP contribution is -2.33. The summed E-state index contributed by atoms with van der Waals surface area (Å²) in [6.45, 7) is 4.63. The number of carbonyl (C=O) groups is 3. The molecule has 1 fully saturated rings. The number of amides is 3. The van der Waals surface area contributed by atoms with Crippen molar-refractivity contribution in [3.8, 4) is 0 Å². The molecule has 0 bridgehead atoms. The van der Waals surface area contributed by atoms with Crippen LogP contribution in [0.25, 0.3) is 0 Å². The standard InChI is InChI=1S/C22H30N4O3S/c1-3-4-11-25(2)21(29)16-9-8-10-17(14-16)23-19(27)15-18-20(28)24-22(30-18)26-12-6-5-7-13-26/h8-10,14,18H,3-7,11-13,15H2,1-2H3,(H,23,27). The van der Waals surface area contributed by atoms with Crippen LogP contribution in [0.4, 0.5) is 5.69 Å². The topological polar surface area (TPSA) is 82.1 Å². The van der Waals surface area contributed by atoms with Crippen LogP contribution in [0.5, 0.6) is 0 Å². The van der Waals surface area contributed by atoms with Gasteiger partial charge in [0.1, 0.15) is 5.25 Å². The van der Waals surface area contributed by atoms with Crippen LogP contribution in [0.1, 0.15) is 55.8 Å². The third-order valence-electron chi connectivity index (χ3n) is 5.31. The maximum absolute atomic E-state index is 12.5. The number of piperidine rings is 1. The summed E-state index contributed by atoms with van der Waals surface area (Å²) in [6, 6.07) is 6.93. The molecule has 1 aromatic carbocycles. The zero-order valence-electron chi connectivity index (χ0n) is 17.7.